The Bertz CT molecular complexity index is 827. The Balaban J connectivity index is 2.00. The van der Waals surface area contributed by atoms with E-state index in [2.05, 4.69) is 24.3 Å². The number of rotatable bonds is 7. The van der Waals surface area contributed by atoms with Crippen LogP contribution < -0.4 is 16.7 Å². The molecule has 2 rings (SSSR count). The lowest BCUT2D eigenvalue weighted by atomic mass is 10.1. The molecule has 6 nitrogen and oxygen atoms in total. The number of nitrogens with zero attached hydrogens (tertiary/aromatic N) is 3. The number of urea groups is 1. The van der Waals surface area contributed by atoms with Gasteiger partial charge in [0.25, 0.3) is 0 Å². The second kappa shape index (κ2) is 11.9. The van der Waals surface area contributed by atoms with E-state index in [1.807, 2.05) is 37.4 Å². The number of carbonyl (C=O) groups excluding carboxylic acids is 1. The van der Waals surface area contributed by atoms with E-state index in [1.54, 1.807) is 23.5 Å². The molecule has 0 aliphatic rings. The lowest BCUT2D eigenvalue weighted by molar-refractivity contribution is 0.216. The van der Waals surface area contributed by atoms with E-state index >= 15 is 0 Å². The summed E-state index contributed by atoms with van der Waals surface area (Å²) >= 11 is 3.30. The first-order valence-corrected chi connectivity index (χ1v) is 11.6. The quantitative estimate of drug-likeness (QED) is 0.171. The van der Waals surface area contributed by atoms with E-state index in [0.717, 1.165) is 44.9 Å². The maximum absolute atomic E-state index is 12.2. The minimum Gasteiger partial charge on any atom is -0.272 e. The van der Waals surface area contributed by atoms with Gasteiger partial charge in [-0.05, 0) is 48.8 Å². The van der Waals surface area contributed by atoms with Gasteiger partial charge in [-0.2, -0.15) is 0 Å². The molecule has 0 aromatic heterocycles. The predicted molar refractivity (Wildman–Crippen MR) is 127 cm³/mol. The summed E-state index contributed by atoms with van der Waals surface area (Å²) in [7, 11) is 1.47. The van der Waals surface area contributed by atoms with Crippen LogP contribution in [-0.4, -0.2) is 35.3 Å². The SMILES string of the molecule is CSC(=NCCCc1ccccc1)SCc1c(C)cccc1N(N)C(=O)N(C)N. The average Bonchev–Trinajstić information content (AvgIpc) is 2.73. The number of anilines is 1. The molecule has 2 aromatic rings. The number of benzene rings is 2. The molecule has 2 amide bonds. The number of hydrazine groups is 2. The smallest absolute Gasteiger partial charge is 0.272 e. The zero-order valence-electron chi connectivity index (χ0n) is 17.2. The molecule has 0 saturated carbocycles. The van der Waals surface area contributed by atoms with Gasteiger partial charge in [0.1, 0.15) is 4.38 Å². The highest BCUT2D eigenvalue weighted by Gasteiger charge is 2.19. The van der Waals surface area contributed by atoms with Crippen molar-refractivity contribution < 1.29 is 4.79 Å². The molecule has 0 atom stereocenters. The van der Waals surface area contributed by atoms with E-state index in [4.69, 9.17) is 16.7 Å². The van der Waals surface area contributed by atoms with Crippen LogP contribution in [0.2, 0.25) is 0 Å². The fourth-order valence-corrected chi connectivity index (χ4v) is 4.47. The number of hydrogen-bond acceptors (Lipinski definition) is 6. The molecule has 0 saturated heterocycles. The van der Waals surface area contributed by atoms with Gasteiger partial charge in [0.05, 0.1) is 5.69 Å². The third-order valence-electron chi connectivity index (χ3n) is 4.37. The second-order valence-corrected chi connectivity index (χ2v) is 8.58. The van der Waals surface area contributed by atoms with Gasteiger partial charge in [-0.1, -0.05) is 54.2 Å². The summed E-state index contributed by atoms with van der Waals surface area (Å²) in [5, 5.41) is 2.07. The summed E-state index contributed by atoms with van der Waals surface area (Å²) in [4.78, 5) is 16.9. The van der Waals surface area contributed by atoms with Crippen LogP contribution in [0.4, 0.5) is 10.5 Å². The van der Waals surface area contributed by atoms with Gasteiger partial charge >= 0.3 is 6.03 Å². The number of amides is 2. The lowest BCUT2D eigenvalue weighted by Crippen LogP contribution is -2.49. The minimum absolute atomic E-state index is 0.471. The minimum atomic E-state index is -0.471. The molecule has 0 spiro atoms. The average molecular weight is 432 g/mol. The fraction of sp³-hybridized carbons (Fsp3) is 0.333. The van der Waals surface area contributed by atoms with Gasteiger partial charge in [-0.3, -0.25) is 10.0 Å². The Labute approximate surface area is 181 Å². The molecule has 0 fully saturated rings. The molecule has 0 unspecified atom stereocenters. The van der Waals surface area contributed by atoms with Crippen LogP contribution in [0.25, 0.3) is 0 Å². The van der Waals surface area contributed by atoms with Gasteiger partial charge in [0.2, 0.25) is 0 Å². The van der Waals surface area contributed by atoms with Crippen molar-refractivity contribution in [2.75, 3.05) is 24.9 Å². The van der Waals surface area contributed by atoms with Crippen molar-refractivity contribution in [2.45, 2.75) is 25.5 Å². The van der Waals surface area contributed by atoms with Crippen molar-refractivity contribution in [3.8, 4) is 0 Å². The van der Waals surface area contributed by atoms with Crippen LogP contribution in [0.15, 0.2) is 53.5 Å². The number of hydrogen-bond donors (Lipinski definition) is 2. The number of aryl methyl sites for hydroxylation is 2. The first-order valence-electron chi connectivity index (χ1n) is 9.35. The molecule has 0 radical (unpaired) electrons. The van der Waals surface area contributed by atoms with Crippen LogP contribution in [0.5, 0.6) is 0 Å². The van der Waals surface area contributed by atoms with Crippen LogP contribution in [-0.2, 0) is 12.2 Å². The van der Waals surface area contributed by atoms with Crippen molar-refractivity contribution in [1.82, 2.24) is 5.01 Å². The van der Waals surface area contributed by atoms with Gasteiger partial charge < -0.3 is 0 Å². The molecular formula is C21H29N5OS2. The summed E-state index contributed by atoms with van der Waals surface area (Å²) in [5.74, 6) is 12.2. The van der Waals surface area contributed by atoms with E-state index in [1.165, 1.54) is 12.6 Å². The molecule has 156 valence electrons. The van der Waals surface area contributed by atoms with Crippen LogP contribution in [0, 0.1) is 6.92 Å². The first-order chi connectivity index (χ1) is 13.9. The molecule has 0 heterocycles. The Kier molecular flexibility index (Phi) is 9.53. The summed E-state index contributed by atoms with van der Waals surface area (Å²) in [5.41, 5.74) is 4.07. The van der Waals surface area contributed by atoms with Crippen LogP contribution >= 0.6 is 23.5 Å². The molecule has 0 bridgehead atoms. The van der Waals surface area contributed by atoms with Gasteiger partial charge in [-0.25, -0.2) is 21.5 Å². The topological polar surface area (TPSA) is 88.0 Å². The van der Waals surface area contributed by atoms with Crippen molar-refractivity contribution in [1.29, 1.82) is 0 Å². The zero-order chi connectivity index (χ0) is 21.2. The molecule has 4 N–H and O–H groups in total. The molecule has 0 aliphatic carbocycles. The molecule has 0 aliphatic heterocycles. The highest BCUT2D eigenvalue weighted by molar-refractivity contribution is 8.38. The Morgan fingerprint density at radius 1 is 1.10 bits per heavy atom. The summed E-state index contributed by atoms with van der Waals surface area (Å²) in [6, 6.07) is 15.7. The molecule has 8 heteroatoms. The van der Waals surface area contributed by atoms with Gasteiger partial charge in [0.15, 0.2) is 0 Å². The van der Waals surface area contributed by atoms with Crippen molar-refractivity contribution in [3.63, 3.8) is 0 Å². The first kappa shape index (κ1) is 23.3. The zero-order valence-corrected chi connectivity index (χ0v) is 18.8. The largest absolute Gasteiger partial charge is 0.352 e. The number of thioether (sulfide) groups is 2. The number of nitrogens with two attached hydrogens (primary N) is 2. The molecule has 29 heavy (non-hydrogen) atoms. The van der Waals surface area contributed by atoms with E-state index in [9.17, 15) is 4.79 Å². The Morgan fingerprint density at radius 2 is 1.83 bits per heavy atom. The van der Waals surface area contributed by atoms with E-state index in [0.29, 0.717) is 11.4 Å². The van der Waals surface area contributed by atoms with Crippen LogP contribution in [0.3, 0.4) is 0 Å². The summed E-state index contributed by atoms with van der Waals surface area (Å²) < 4.78 is 1.03. The highest BCUT2D eigenvalue weighted by atomic mass is 32.2. The van der Waals surface area contributed by atoms with E-state index < -0.39 is 6.03 Å². The second-order valence-electron chi connectivity index (χ2n) is 6.57. The molecule has 2 aromatic carbocycles. The fourth-order valence-electron chi connectivity index (χ4n) is 2.77. The van der Waals surface area contributed by atoms with Gasteiger partial charge in [-0.15, -0.1) is 11.8 Å². The summed E-state index contributed by atoms with van der Waals surface area (Å²) in [6.07, 6.45) is 4.07. The Hall–Kier alpha value is -2.00. The monoisotopic (exact) mass is 431 g/mol. The third kappa shape index (κ3) is 7.08. The van der Waals surface area contributed by atoms with Crippen molar-refractivity contribution >= 4 is 39.6 Å². The maximum Gasteiger partial charge on any atom is 0.352 e. The molecular weight excluding hydrogens is 402 g/mol. The summed E-state index contributed by atoms with van der Waals surface area (Å²) in [6.45, 7) is 2.80. The number of carbonyl (C=O) groups is 1. The standard InChI is InChI=1S/C21H29N5OS2/c1-16-9-7-13-19(26(23)21(27)25(2)22)18(16)15-29-20(28-3)24-14-8-12-17-10-5-4-6-11-17/h4-7,9-11,13H,8,12,14-15,22-23H2,1-3H3. The lowest BCUT2D eigenvalue weighted by Gasteiger charge is -2.24. The van der Waals surface area contributed by atoms with Crippen molar-refractivity contribution in [3.05, 3.63) is 65.2 Å². The van der Waals surface area contributed by atoms with E-state index in [-0.39, 0.29) is 0 Å². The normalized spacial score (nSPS) is 11.4. The number of aliphatic imine (C=N–C) groups is 1. The third-order valence-corrected chi connectivity index (χ3v) is 6.52. The van der Waals surface area contributed by atoms with Gasteiger partial charge in [0, 0.05) is 19.3 Å². The Morgan fingerprint density at radius 3 is 2.48 bits per heavy atom. The highest BCUT2D eigenvalue weighted by Crippen LogP contribution is 2.29. The van der Waals surface area contributed by atoms with Crippen molar-refractivity contribution in [2.24, 2.45) is 16.7 Å². The predicted octanol–water partition coefficient (Wildman–Crippen LogP) is 4.19. The maximum atomic E-state index is 12.2. The van der Waals surface area contributed by atoms with Crippen LogP contribution in [0.1, 0.15) is 23.1 Å².